The quantitative estimate of drug-likeness (QED) is 0.409. The Kier molecular flexibility index (Phi) is 6.25. The lowest BCUT2D eigenvalue weighted by Crippen LogP contribution is -2.44. The van der Waals surface area contributed by atoms with Crippen LogP contribution in [-0.4, -0.2) is 5.54 Å². The van der Waals surface area contributed by atoms with Gasteiger partial charge in [-0.2, -0.15) is 0 Å². The minimum Gasteiger partial charge on any atom is -0.376 e. The van der Waals surface area contributed by atoms with Crippen molar-refractivity contribution >= 4 is 11.3 Å². The van der Waals surface area contributed by atoms with Crippen LogP contribution in [-0.2, 0) is 0 Å². The third kappa shape index (κ3) is 4.58. The summed E-state index contributed by atoms with van der Waals surface area (Å²) in [6, 6.07) is 30.4. The molecule has 0 aliphatic heterocycles. The van der Waals surface area contributed by atoms with Crippen LogP contribution in [0.3, 0.4) is 0 Å². The Bertz CT molecular complexity index is 1050. The second-order valence-corrected chi connectivity index (χ2v) is 9.36. The van der Waals surface area contributed by atoms with Gasteiger partial charge in [0.05, 0.1) is 5.54 Å². The highest BCUT2D eigenvalue weighted by Crippen LogP contribution is 2.41. The normalized spacial score (nSPS) is 21.6. The van der Waals surface area contributed by atoms with E-state index in [0.29, 0.717) is 5.92 Å². The lowest BCUT2D eigenvalue weighted by atomic mass is 9.73. The highest BCUT2D eigenvalue weighted by atomic mass is 15.0. The fourth-order valence-corrected chi connectivity index (χ4v) is 5.44. The van der Waals surface area contributed by atoms with Crippen molar-refractivity contribution < 1.29 is 0 Å². The monoisotopic (exact) mass is 419 g/mol. The first-order valence-corrected chi connectivity index (χ1v) is 12.2. The van der Waals surface area contributed by atoms with Crippen molar-refractivity contribution in [3.05, 3.63) is 109 Å². The minimum absolute atomic E-state index is 0.00309. The zero-order valence-electron chi connectivity index (χ0n) is 18.8. The van der Waals surface area contributed by atoms with E-state index < -0.39 is 0 Å². The van der Waals surface area contributed by atoms with Crippen LogP contribution in [0.2, 0.25) is 0 Å². The third-order valence-electron chi connectivity index (χ3n) is 7.28. The molecule has 2 aliphatic carbocycles. The predicted octanol–water partition coefficient (Wildman–Crippen LogP) is 8.52. The van der Waals surface area contributed by atoms with Crippen molar-refractivity contribution in [2.45, 2.75) is 50.5 Å². The zero-order chi connectivity index (χ0) is 21.6. The summed E-state index contributed by atoms with van der Waals surface area (Å²) in [5.41, 5.74) is 6.41. The standard InChI is InChI=1S/C31H33N/c1-2-10-16-29(15-9-1)31(23-21-28(22-24-31)26-13-7-4-8-14-26)32-30-19-17-27(18-20-30)25-11-5-3-6-12-25/h3-8,11-14,17-23,29,32H,1-2,9-10,15-16,24H2. The second-order valence-electron chi connectivity index (χ2n) is 9.36. The Morgan fingerprint density at radius 3 is 1.81 bits per heavy atom. The average molecular weight is 420 g/mol. The van der Waals surface area contributed by atoms with Crippen molar-refractivity contribution in [1.29, 1.82) is 0 Å². The first-order valence-electron chi connectivity index (χ1n) is 12.2. The lowest BCUT2D eigenvalue weighted by molar-refractivity contribution is 0.322. The summed E-state index contributed by atoms with van der Waals surface area (Å²) in [6.07, 6.45) is 16.4. The third-order valence-corrected chi connectivity index (χ3v) is 7.28. The molecule has 32 heavy (non-hydrogen) atoms. The second kappa shape index (κ2) is 9.61. The van der Waals surface area contributed by atoms with Crippen molar-refractivity contribution in [1.82, 2.24) is 0 Å². The van der Waals surface area contributed by atoms with Gasteiger partial charge in [-0.25, -0.2) is 0 Å². The molecule has 0 heterocycles. The summed E-state index contributed by atoms with van der Waals surface area (Å²) >= 11 is 0. The van der Waals surface area contributed by atoms with Gasteiger partial charge < -0.3 is 5.32 Å². The SMILES string of the molecule is C1=CC(Nc2ccc(-c3ccccc3)cc2)(C2CCCCCC2)CC=C1c1ccccc1. The Labute approximate surface area is 192 Å². The Morgan fingerprint density at radius 1 is 0.625 bits per heavy atom. The van der Waals surface area contributed by atoms with E-state index in [1.165, 1.54) is 66.5 Å². The van der Waals surface area contributed by atoms with Crippen LogP contribution >= 0.6 is 0 Å². The van der Waals surface area contributed by atoms with E-state index in [1.807, 2.05) is 0 Å². The van der Waals surface area contributed by atoms with Gasteiger partial charge in [0.25, 0.3) is 0 Å². The maximum absolute atomic E-state index is 4.01. The first kappa shape index (κ1) is 20.8. The van der Waals surface area contributed by atoms with E-state index in [0.717, 1.165) is 6.42 Å². The molecule has 0 spiro atoms. The molecule has 3 aromatic rings. The van der Waals surface area contributed by atoms with Gasteiger partial charge in [-0.1, -0.05) is 117 Å². The molecule has 2 aliphatic rings. The van der Waals surface area contributed by atoms with Gasteiger partial charge in [-0.15, -0.1) is 0 Å². The number of allylic oxidation sites excluding steroid dienone is 2. The highest BCUT2D eigenvalue weighted by molar-refractivity contribution is 5.76. The molecule has 0 amide bonds. The molecule has 162 valence electrons. The summed E-state index contributed by atoms with van der Waals surface area (Å²) in [5.74, 6) is 0.670. The van der Waals surface area contributed by atoms with Crippen LogP contribution in [0, 0.1) is 5.92 Å². The van der Waals surface area contributed by atoms with Crippen molar-refractivity contribution in [2.24, 2.45) is 5.92 Å². The molecule has 1 saturated carbocycles. The molecule has 1 atom stereocenters. The molecule has 3 aromatic carbocycles. The van der Waals surface area contributed by atoms with E-state index >= 15 is 0 Å². The molecule has 5 rings (SSSR count). The molecular weight excluding hydrogens is 386 g/mol. The highest BCUT2D eigenvalue weighted by Gasteiger charge is 2.37. The number of hydrogen-bond donors (Lipinski definition) is 1. The number of nitrogens with one attached hydrogen (secondary N) is 1. The number of hydrogen-bond acceptors (Lipinski definition) is 1. The first-order chi connectivity index (χ1) is 15.8. The van der Waals surface area contributed by atoms with Crippen molar-refractivity contribution in [2.75, 3.05) is 5.32 Å². The minimum atomic E-state index is -0.00309. The smallest absolute Gasteiger partial charge is 0.0622 e. The largest absolute Gasteiger partial charge is 0.376 e. The Morgan fingerprint density at radius 2 is 1.22 bits per heavy atom. The summed E-state index contributed by atoms with van der Waals surface area (Å²) in [5, 5.41) is 4.01. The van der Waals surface area contributed by atoms with Gasteiger partial charge in [-0.3, -0.25) is 0 Å². The van der Waals surface area contributed by atoms with Gasteiger partial charge in [0.2, 0.25) is 0 Å². The summed E-state index contributed by atoms with van der Waals surface area (Å²) in [4.78, 5) is 0. The average Bonchev–Trinajstić information content (AvgIpc) is 3.16. The molecule has 1 N–H and O–H groups in total. The lowest BCUT2D eigenvalue weighted by Gasteiger charge is -2.41. The van der Waals surface area contributed by atoms with Gasteiger partial charge in [0.1, 0.15) is 0 Å². The van der Waals surface area contributed by atoms with Crippen LogP contribution in [0.4, 0.5) is 5.69 Å². The number of rotatable bonds is 5. The van der Waals surface area contributed by atoms with Crippen molar-refractivity contribution in [3.63, 3.8) is 0 Å². The number of benzene rings is 3. The molecule has 0 aromatic heterocycles. The molecular formula is C31H33N. The van der Waals surface area contributed by atoms with Crippen LogP contribution in [0.5, 0.6) is 0 Å². The van der Waals surface area contributed by atoms with Gasteiger partial charge in [0.15, 0.2) is 0 Å². The van der Waals surface area contributed by atoms with E-state index in [2.05, 4.69) is 108 Å². The van der Waals surface area contributed by atoms with Crippen molar-refractivity contribution in [3.8, 4) is 11.1 Å². The van der Waals surface area contributed by atoms with E-state index in [4.69, 9.17) is 0 Å². The van der Waals surface area contributed by atoms with E-state index in [-0.39, 0.29) is 5.54 Å². The molecule has 0 bridgehead atoms. The van der Waals surface area contributed by atoms with Crippen LogP contribution in [0.15, 0.2) is 103 Å². The fraction of sp³-hybridized carbons (Fsp3) is 0.290. The molecule has 1 heteroatoms. The molecule has 1 unspecified atom stereocenters. The zero-order valence-corrected chi connectivity index (χ0v) is 18.8. The molecule has 1 fully saturated rings. The van der Waals surface area contributed by atoms with Gasteiger partial charge in [-0.05, 0) is 59.6 Å². The molecule has 0 radical (unpaired) electrons. The van der Waals surface area contributed by atoms with E-state index in [9.17, 15) is 0 Å². The van der Waals surface area contributed by atoms with Crippen LogP contribution in [0.25, 0.3) is 16.7 Å². The van der Waals surface area contributed by atoms with E-state index in [1.54, 1.807) is 0 Å². The Balaban J connectivity index is 1.41. The molecule has 0 saturated heterocycles. The predicted molar refractivity (Wildman–Crippen MR) is 138 cm³/mol. The van der Waals surface area contributed by atoms with Gasteiger partial charge >= 0.3 is 0 Å². The summed E-state index contributed by atoms with van der Waals surface area (Å²) in [6.45, 7) is 0. The topological polar surface area (TPSA) is 12.0 Å². The summed E-state index contributed by atoms with van der Waals surface area (Å²) in [7, 11) is 0. The van der Waals surface area contributed by atoms with Crippen LogP contribution in [0.1, 0.15) is 50.5 Å². The van der Waals surface area contributed by atoms with Gasteiger partial charge in [0, 0.05) is 5.69 Å². The number of anilines is 1. The van der Waals surface area contributed by atoms with Crippen LogP contribution < -0.4 is 5.32 Å². The maximum Gasteiger partial charge on any atom is 0.0622 e. The fourth-order valence-electron chi connectivity index (χ4n) is 5.44. The molecule has 1 nitrogen and oxygen atoms in total. The maximum atomic E-state index is 4.01. The summed E-state index contributed by atoms with van der Waals surface area (Å²) < 4.78 is 0. The Hall–Kier alpha value is -3.06.